The minimum atomic E-state index is 0.0164. The Balaban J connectivity index is 2.46. The monoisotopic (exact) mass is 313 g/mol. The lowest BCUT2D eigenvalue weighted by Crippen LogP contribution is -2.39. The summed E-state index contributed by atoms with van der Waals surface area (Å²) in [6.07, 6.45) is 4.08. The maximum atomic E-state index is 9.27. The van der Waals surface area contributed by atoms with E-state index in [2.05, 4.69) is 38.3 Å². The lowest BCUT2D eigenvalue weighted by atomic mass is 9.84. The van der Waals surface area contributed by atoms with Crippen molar-refractivity contribution >= 4 is 5.96 Å². The molecule has 0 saturated carbocycles. The number of hydrogen-bond acceptors (Lipinski definition) is 3. The topological polar surface area (TPSA) is 65.9 Å². The van der Waals surface area contributed by atoms with Crippen LogP contribution in [0, 0.1) is 10.8 Å². The van der Waals surface area contributed by atoms with E-state index in [-0.39, 0.29) is 12.0 Å². The summed E-state index contributed by atoms with van der Waals surface area (Å²) in [5, 5.41) is 16.0. The third kappa shape index (κ3) is 7.45. The smallest absolute Gasteiger partial charge is 0.191 e. The Labute approximate surface area is 135 Å². The van der Waals surface area contributed by atoms with E-state index in [1.54, 1.807) is 0 Å². The fourth-order valence-corrected chi connectivity index (χ4v) is 2.70. The van der Waals surface area contributed by atoms with Crippen LogP contribution in [0.4, 0.5) is 0 Å². The molecule has 0 radical (unpaired) electrons. The first-order valence-corrected chi connectivity index (χ1v) is 8.62. The predicted molar refractivity (Wildman–Crippen MR) is 92.2 cm³/mol. The third-order valence-corrected chi connectivity index (χ3v) is 4.14. The van der Waals surface area contributed by atoms with E-state index in [9.17, 15) is 5.11 Å². The van der Waals surface area contributed by atoms with Gasteiger partial charge in [0.05, 0.1) is 13.2 Å². The second kappa shape index (κ2) is 9.36. The van der Waals surface area contributed by atoms with Crippen LogP contribution >= 0.6 is 0 Å². The van der Waals surface area contributed by atoms with Gasteiger partial charge < -0.3 is 20.5 Å². The molecule has 0 aromatic carbocycles. The fourth-order valence-electron chi connectivity index (χ4n) is 2.70. The summed E-state index contributed by atoms with van der Waals surface area (Å²) in [4.78, 5) is 4.72. The van der Waals surface area contributed by atoms with Crippen molar-refractivity contribution in [2.24, 2.45) is 15.8 Å². The van der Waals surface area contributed by atoms with Crippen molar-refractivity contribution in [3.05, 3.63) is 0 Å². The van der Waals surface area contributed by atoms with Crippen molar-refractivity contribution in [1.82, 2.24) is 10.6 Å². The highest BCUT2D eigenvalue weighted by atomic mass is 16.5. The molecule has 22 heavy (non-hydrogen) atoms. The van der Waals surface area contributed by atoms with Gasteiger partial charge in [0, 0.05) is 31.7 Å². The van der Waals surface area contributed by atoms with Crippen molar-refractivity contribution in [2.45, 2.75) is 53.4 Å². The Hall–Kier alpha value is -0.810. The quantitative estimate of drug-likeness (QED) is 0.365. The highest BCUT2D eigenvalue weighted by Crippen LogP contribution is 2.32. The first-order valence-electron chi connectivity index (χ1n) is 8.62. The normalized spacial score (nSPS) is 22.9. The van der Waals surface area contributed by atoms with Crippen LogP contribution in [-0.2, 0) is 4.74 Å². The van der Waals surface area contributed by atoms with Crippen molar-refractivity contribution in [1.29, 1.82) is 0 Å². The number of hydrogen-bond donors (Lipinski definition) is 3. The SMILES string of the molecule is CCNC(=NCC1(CCO)CCOC1)NCCCC(C)(C)C. The van der Waals surface area contributed by atoms with Crippen LogP contribution in [0.2, 0.25) is 0 Å². The maximum Gasteiger partial charge on any atom is 0.191 e. The Morgan fingerprint density at radius 3 is 2.64 bits per heavy atom. The second-order valence-corrected chi connectivity index (χ2v) is 7.56. The summed E-state index contributed by atoms with van der Waals surface area (Å²) in [7, 11) is 0. The van der Waals surface area contributed by atoms with E-state index in [4.69, 9.17) is 9.73 Å². The Morgan fingerprint density at radius 1 is 1.32 bits per heavy atom. The molecule has 0 aliphatic carbocycles. The molecular weight excluding hydrogens is 278 g/mol. The second-order valence-electron chi connectivity index (χ2n) is 7.56. The first-order chi connectivity index (χ1) is 10.4. The molecule has 1 fully saturated rings. The van der Waals surface area contributed by atoms with E-state index in [1.165, 1.54) is 6.42 Å². The summed E-state index contributed by atoms with van der Waals surface area (Å²) in [5.41, 5.74) is 0.395. The molecule has 0 spiro atoms. The van der Waals surface area contributed by atoms with Crippen molar-refractivity contribution in [3.8, 4) is 0 Å². The molecule has 1 heterocycles. The molecule has 5 heteroatoms. The number of nitrogens with one attached hydrogen (secondary N) is 2. The standard InChI is InChI=1S/C17H35N3O2/c1-5-18-15(19-10-6-7-16(2,3)4)20-13-17(8-11-21)9-12-22-14-17/h21H,5-14H2,1-4H3,(H2,18,19,20). The minimum Gasteiger partial charge on any atom is -0.396 e. The van der Waals surface area contributed by atoms with Gasteiger partial charge in [0.15, 0.2) is 5.96 Å². The van der Waals surface area contributed by atoms with E-state index in [0.717, 1.165) is 44.9 Å². The number of nitrogens with zero attached hydrogens (tertiary/aromatic N) is 1. The molecule has 0 aromatic heterocycles. The number of ether oxygens (including phenoxy) is 1. The lowest BCUT2D eigenvalue weighted by molar-refractivity contribution is 0.131. The molecular formula is C17H35N3O2. The van der Waals surface area contributed by atoms with Crippen molar-refractivity contribution < 1.29 is 9.84 Å². The Kier molecular flexibility index (Phi) is 8.18. The first kappa shape index (κ1) is 19.2. The molecule has 3 N–H and O–H groups in total. The largest absolute Gasteiger partial charge is 0.396 e. The van der Waals surface area contributed by atoms with Gasteiger partial charge >= 0.3 is 0 Å². The number of aliphatic hydroxyl groups is 1. The molecule has 0 bridgehead atoms. The molecule has 5 nitrogen and oxygen atoms in total. The summed E-state index contributed by atoms with van der Waals surface area (Å²) >= 11 is 0. The highest BCUT2D eigenvalue weighted by Gasteiger charge is 2.34. The molecule has 0 amide bonds. The van der Waals surface area contributed by atoms with Gasteiger partial charge in [-0.2, -0.15) is 0 Å². The van der Waals surface area contributed by atoms with Crippen LogP contribution in [0.15, 0.2) is 4.99 Å². The fraction of sp³-hybridized carbons (Fsp3) is 0.941. The number of aliphatic hydroxyl groups excluding tert-OH is 1. The summed E-state index contributed by atoms with van der Waals surface area (Å²) in [6, 6.07) is 0. The number of guanidine groups is 1. The van der Waals surface area contributed by atoms with E-state index < -0.39 is 0 Å². The molecule has 0 aromatic rings. The van der Waals surface area contributed by atoms with Gasteiger partial charge in [-0.1, -0.05) is 20.8 Å². The molecule has 1 unspecified atom stereocenters. The van der Waals surface area contributed by atoms with Gasteiger partial charge in [0.1, 0.15) is 0 Å². The van der Waals surface area contributed by atoms with Gasteiger partial charge in [-0.05, 0) is 38.0 Å². The molecule has 1 aliphatic rings. The zero-order valence-electron chi connectivity index (χ0n) is 14.9. The molecule has 1 atom stereocenters. The highest BCUT2D eigenvalue weighted by molar-refractivity contribution is 5.79. The van der Waals surface area contributed by atoms with Gasteiger partial charge in [0.2, 0.25) is 0 Å². The van der Waals surface area contributed by atoms with E-state index in [1.807, 2.05) is 0 Å². The average Bonchev–Trinajstić information content (AvgIpc) is 2.89. The summed E-state index contributed by atoms with van der Waals surface area (Å²) in [6.45, 7) is 13.1. The van der Waals surface area contributed by atoms with Crippen molar-refractivity contribution in [2.75, 3.05) is 39.5 Å². The predicted octanol–water partition coefficient (Wildman–Crippen LogP) is 2.16. The lowest BCUT2D eigenvalue weighted by Gasteiger charge is -2.25. The zero-order chi connectivity index (χ0) is 16.5. The van der Waals surface area contributed by atoms with Gasteiger partial charge in [-0.15, -0.1) is 0 Å². The van der Waals surface area contributed by atoms with Crippen LogP contribution in [0.25, 0.3) is 0 Å². The van der Waals surface area contributed by atoms with Crippen LogP contribution in [0.1, 0.15) is 53.4 Å². The summed E-state index contributed by atoms with van der Waals surface area (Å²) < 4.78 is 5.52. The molecule has 1 rings (SSSR count). The molecule has 1 aliphatic heterocycles. The molecule has 130 valence electrons. The van der Waals surface area contributed by atoms with Gasteiger partial charge in [-0.25, -0.2) is 0 Å². The van der Waals surface area contributed by atoms with Gasteiger partial charge in [0.25, 0.3) is 0 Å². The molecule has 1 saturated heterocycles. The van der Waals surface area contributed by atoms with Crippen LogP contribution in [0.5, 0.6) is 0 Å². The van der Waals surface area contributed by atoms with Crippen molar-refractivity contribution in [3.63, 3.8) is 0 Å². The summed E-state index contributed by atoms with van der Waals surface area (Å²) in [5.74, 6) is 0.876. The number of rotatable bonds is 8. The maximum absolute atomic E-state index is 9.27. The van der Waals surface area contributed by atoms with Crippen LogP contribution < -0.4 is 10.6 Å². The Morgan fingerprint density at radius 2 is 2.09 bits per heavy atom. The van der Waals surface area contributed by atoms with E-state index >= 15 is 0 Å². The third-order valence-electron chi connectivity index (χ3n) is 4.14. The minimum absolute atomic E-state index is 0.0164. The Bertz CT molecular complexity index is 331. The van der Waals surface area contributed by atoms with Crippen LogP contribution in [0.3, 0.4) is 0 Å². The van der Waals surface area contributed by atoms with E-state index in [0.29, 0.717) is 18.6 Å². The number of aliphatic imine (C=N–C) groups is 1. The zero-order valence-corrected chi connectivity index (χ0v) is 14.9. The average molecular weight is 313 g/mol. The van der Waals surface area contributed by atoms with Gasteiger partial charge in [-0.3, -0.25) is 4.99 Å². The van der Waals surface area contributed by atoms with Crippen LogP contribution in [-0.4, -0.2) is 50.5 Å².